The van der Waals surface area contributed by atoms with Gasteiger partial charge in [-0.2, -0.15) is 0 Å². The second-order valence-electron chi connectivity index (χ2n) is 5.07. The Hall–Kier alpha value is -1.42. The fraction of sp³-hybridized carbons (Fsp3) is 0.533. The average molecular weight is 298 g/mol. The Labute approximate surface area is 126 Å². The van der Waals surface area contributed by atoms with Crippen LogP contribution in [0, 0.1) is 0 Å². The molecule has 20 heavy (non-hydrogen) atoms. The molecule has 0 aliphatic carbocycles. The molecule has 0 spiro atoms. The molecule has 0 aromatic heterocycles. The van der Waals surface area contributed by atoms with Gasteiger partial charge in [-0.05, 0) is 31.9 Å². The summed E-state index contributed by atoms with van der Waals surface area (Å²) in [7, 11) is 0. The molecule has 1 aromatic rings. The van der Waals surface area contributed by atoms with Gasteiger partial charge in [0.15, 0.2) is 0 Å². The number of nitrogen functional groups attached to an aromatic ring is 1. The minimum absolute atomic E-state index is 0.278. The van der Waals surface area contributed by atoms with Crippen molar-refractivity contribution in [2.24, 2.45) is 5.73 Å². The van der Waals surface area contributed by atoms with Gasteiger partial charge in [0, 0.05) is 18.3 Å². The molecule has 0 heterocycles. The minimum Gasteiger partial charge on any atom is -0.399 e. The van der Waals surface area contributed by atoms with Crippen LogP contribution in [0.4, 0.5) is 11.4 Å². The fourth-order valence-electron chi connectivity index (χ4n) is 2.20. The van der Waals surface area contributed by atoms with Gasteiger partial charge in [-0.15, -0.1) is 0 Å². The monoisotopic (exact) mass is 297 g/mol. The first kappa shape index (κ1) is 16.6. The Balaban J connectivity index is 3.33. The van der Waals surface area contributed by atoms with Gasteiger partial charge in [-0.25, -0.2) is 0 Å². The zero-order valence-electron chi connectivity index (χ0n) is 12.4. The first-order valence-electron chi connectivity index (χ1n) is 7.07. The highest BCUT2D eigenvalue weighted by molar-refractivity contribution is 6.34. The van der Waals surface area contributed by atoms with Gasteiger partial charge in [0.1, 0.15) is 0 Å². The van der Waals surface area contributed by atoms with Crippen LogP contribution in [0.5, 0.6) is 0 Å². The van der Waals surface area contributed by atoms with E-state index in [1.807, 2.05) is 0 Å². The smallest absolute Gasteiger partial charge is 0.250 e. The molecule has 0 radical (unpaired) electrons. The van der Waals surface area contributed by atoms with Crippen molar-refractivity contribution in [1.82, 2.24) is 0 Å². The van der Waals surface area contributed by atoms with E-state index in [0.717, 1.165) is 25.8 Å². The van der Waals surface area contributed by atoms with Gasteiger partial charge in [0.2, 0.25) is 0 Å². The second-order valence-corrected chi connectivity index (χ2v) is 5.47. The third-order valence-electron chi connectivity index (χ3n) is 3.51. The lowest BCUT2D eigenvalue weighted by atomic mass is 10.1. The number of amides is 1. The number of nitrogens with zero attached hydrogens (tertiary/aromatic N) is 1. The Bertz CT molecular complexity index is 476. The van der Waals surface area contributed by atoms with Gasteiger partial charge < -0.3 is 16.4 Å². The lowest BCUT2D eigenvalue weighted by Crippen LogP contribution is -2.35. The summed E-state index contributed by atoms with van der Waals surface area (Å²) >= 11 is 6.32. The topological polar surface area (TPSA) is 72.3 Å². The van der Waals surface area contributed by atoms with Crippen LogP contribution in [0.3, 0.4) is 0 Å². The van der Waals surface area contributed by atoms with Gasteiger partial charge in [-0.1, -0.05) is 31.9 Å². The number of benzene rings is 1. The molecule has 0 saturated carbocycles. The van der Waals surface area contributed by atoms with Crippen LogP contribution >= 0.6 is 11.6 Å². The van der Waals surface area contributed by atoms with Crippen molar-refractivity contribution in [3.63, 3.8) is 0 Å². The van der Waals surface area contributed by atoms with Crippen molar-refractivity contribution in [1.29, 1.82) is 0 Å². The number of hydrogen-bond donors (Lipinski definition) is 2. The van der Waals surface area contributed by atoms with Gasteiger partial charge in [0.05, 0.1) is 16.3 Å². The summed E-state index contributed by atoms with van der Waals surface area (Å²) in [5.74, 6) is -0.501. The number of unbranched alkanes of at least 4 members (excludes halogenated alkanes) is 1. The Kier molecular flexibility index (Phi) is 6.14. The second kappa shape index (κ2) is 7.39. The molecule has 5 heteroatoms. The van der Waals surface area contributed by atoms with E-state index in [0.29, 0.717) is 22.0 Å². The van der Waals surface area contributed by atoms with E-state index in [9.17, 15) is 4.79 Å². The largest absolute Gasteiger partial charge is 0.399 e. The molecule has 112 valence electrons. The van der Waals surface area contributed by atoms with E-state index < -0.39 is 5.91 Å². The third-order valence-corrected chi connectivity index (χ3v) is 3.80. The lowest BCUT2D eigenvalue weighted by Gasteiger charge is -2.33. The Morgan fingerprint density at radius 3 is 2.55 bits per heavy atom. The van der Waals surface area contributed by atoms with E-state index in [2.05, 4.69) is 25.7 Å². The predicted molar refractivity (Wildman–Crippen MR) is 86.4 cm³/mol. The average Bonchev–Trinajstić information content (AvgIpc) is 2.39. The predicted octanol–water partition coefficient (Wildman–Crippen LogP) is 3.43. The molecule has 1 aromatic carbocycles. The number of rotatable bonds is 7. The van der Waals surface area contributed by atoms with E-state index >= 15 is 0 Å². The van der Waals surface area contributed by atoms with E-state index in [1.54, 1.807) is 12.1 Å². The van der Waals surface area contributed by atoms with Crippen molar-refractivity contribution >= 4 is 28.9 Å². The maximum atomic E-state index is 11.7. The van der Waals surface area contributed by atoms with Crippen LogP contribution in [0.2, 0.25) is 5.02 Å². The number of halogens is 1. The van der Waals surface area contributed by atoms with Gasteiger partial charge in [-0.3, -0.25) is 4.79 Å². The molecule has 4 N–H and O–H groups in total. The van der Waals surface area contributed by atoms with Crippen molar-refractivity contribution in [2.75, 3.05) is 17.2 Å². The molecular weight excluding hydrogens is 274 g/mol. The number of hydrogen-bond acceptors (Lipinski definition) is 3. The van der Waals surface area contributed by atoms with Gasteiger partial charge in [0.25, 0.3) is 5.91 Å². The molecule has 4 nitrogen and oxygen atoms in total. The van der Waals surface area contributed by atoms with Crippen molar-refractivity contribution in [3.05, 3.63) is 22.7 Å². The Morgan fingerprint density at radius 2 is 2.05 bits per heavy atom. The van der Waals surface area contributed by atoms with Crippen LogP contribution in [-0.2, 0) is 0 Å². The van der Waals surface area contributed by atoms with Crippen LogP contribution in [0.25, 0.3) is 0 Å². The summed E-state index contributed by atoms with van der Waals surface area (Å²) in [5, 5.41) is 0.482. The highest BCUT2D eigenvalue weighted by Crippen LogP contribution is 2.34. The summed E-state index contributed by atoms with van der Waals surface area (Å²) in [6.07, 6.45) is 3.07. The SMILES string of the molecule is CCCCN(c1c(Cl)cc(N)cc1C(N)=O)C(C)CC. The Morgan fingerprint density at radius 1 is 1.40 bits per heavy atom. The zero-order valence-corrected chi connectivity index (χ0v) is 13.2. The zero-order chi connectivity index (χ0) is 15.3. The normalized spacial score (nSPS) is 12.2. The van der Waals surface area contributed by atoms with E-state index in [4.69, 9.17) is 23.1 Å². The molecule has 1 rings (SSSR count). The molecule has 1 atom stereocenters. The maximum absolute atomic E-state index is 11.7. The summed E-state index contributed by atoms with van der Waals surface area (Å²) < 4.78 is 0. The molecular formula is C15H24ClN3O. The molecule has 0 fully saturated rings. The van der Waals surface area contributed by atoms with Crippen LogP contribution < -0.4 is 16.4 Å². The van der Waals surface area contributed by atoms with Crippen LogP contribution in [0.1, 0.15) is 50.4 Å². The molecule has 0 aliphatic heterocycles. The van der Waals surface area contributed by atoms with Gasteiger partial charge >= 0.3 is 0 Å². The first-order valence-corrected chi connectivity index (χ1v) is 7.45. The minimum atomic E-state index is -0.501. The summed E-state index contributed by atoms with van der Waals surface area (Å²) in [6.45, 7) is 7.20. The molecule has 0 bridgehead atoms. The number of carbonyl (C=O) groups excluding carboxylic acids is 1. The number of anilines is 2. The first-order chi connectivity index (χ1) is 9.42. The highest BCUT2D eigenvalue weighted by Gasteiger charge is 2.22. The third kappa shape index (κ3) is 3.79. The molecule has 0 saturated heterocycles. The number of carbonyl (C=O) groups is 1. The summed E-state index contributed by atoms with van der Waals surface area (Å²) in [6, 6.07) is 3.55. The fourth-order valence-corrected chi connectivity index (χ4v) is 2.54. The quantitative estimate of drug-likeness (QED) is 0.757. The molecule has 1 amide bonds. The van der Waals surface area contributed by atoms with Crippen molar-refractivity contribution in [3.8, 4) is 0 Å². The molecule has 1 unspecified atom stereocenters. The maximum Gasteiger partial charge on any atom is 0.250 e. The van der Waals surface area contributed by atoms with Crippen LogP contribution in [0.15, 0.2) is 12.1 Å². The van der Waals surface area contributed by atoms with Crippen molar-refractivity contribution < 1.29 is 4.79 Å². The van der Waals surface area contributed by atoms with Crippen molar-refractivity contribution in [2.45, 2.75) is 46.1 Å². The summed E-state index contributed by atoms with van der Waals surface area (Å²) in [5.41, 5.74) is 12.8. The lowest BCUT2D eigenvalue weighted by molar-refractivity contribution is 0.100. The standard InChI is InChI=1S/C15H24ClN3O/c1-4-6-7-19(10(3)5-2)14-12(15(18)20)8-11(17)9-13(14)16/h8-10H,4-7,17H2,1-3H3,(H2,18,20). The van der Waals surface area contributed by atoms with E-state index in [1.165, 1.54) is 0 Å². The van der Waals surface area contributed by atoms with E-state index in [-0.39, 0.29) is 6.04 Å². The highest BCUT2D eigenvalue weighted by atomic mass is 35.5. The van der Waals surface area contributed by atoms with Crippen LogP contribution in [-0.4, -0.2) is 18.5 Å². The number of primary amides is 1. The number of nitrogens with two attached hydrogens (primary N) is 2. The molecule has 0 aliphatic rings. The summed E-state index contributed by atoms with van der Waals surface area (Å²) in [4.78, 5) is 13.9.